The molecule has 0 unspecified atom stereocenters. The first-order valence-electron chi connectivity index (χ1n) is 8.61. The van der Waals surface area contributed by atoms with E-state index in [9.17, 15) is 18.0 Å². The van der Waals surface area contributed by atoms with E-state index in [1.165, 1.54) is 36.3 Å². The van der Waals surface area contributed by atoms with Crippen molar-refractivity contribution in [3.05, 3.63) is 46.7 Å². The van der Waals surface area contributed by atoms with Gasteiger partial charge in [0.2, 0.25) is 5.95 Å². The Balaban J connectivity index is 1.79. The summed E-state index contributed by atoms with van der Waals surface area (Å²) in [4.78, 5) is 24.4. The minimum Gasteiger partial charge on any atom is -0.405 e. The predicted octanol–water partition coefficient (Wildman–Crippen LogP) is 3.90. The molecule has 0 N–H and O–H groups in total. The molecule has 28 heavy (non-hydrogen) atoms. The molecule has 0 radical (unpaired) electrons. The number of hydrogen-bond donors (Lipinski definition) is 0. The highest BCUT2D eigenvalue weighted by molar-refractivity contribution is 6.33. The quantitative estimate of drug-likeness (QED) is 0.742. The second-order valence-corrected chi connectivity index (χ2v) is 6.78. The smallest absolute Gasteiger partial charge is 0.405 e. The fraction of sp³-hybridized carbons (Fsp3) is 0.389. The average molecular weight is 415 g/mol. The van der Waals surface area contributed by atoms with Crippen LogP contribution in [0.2, 0.25) is 5.02 Å². The van der Waals surface area contributed by atoms with Crippen molar-refractivity contribution >= 4 is 23.5 Å². The van der Waals surface area contributed by atoms with Crippen molar-refractivity contribution in [3.63, 3.8) is 0 Å². The Kier molecular flexibility index (Phi) is 5.93. The molecule has 1 aromatic heterocycles. The first-order chi connectivity index (χ1) is 13.2. The molecule has 0 saturated carbocycles. The molecule has 0 bridgehead atoms. The molecule has 1 aliphatic heterocycles. The van der Waals surface area contributed by atoms with Crippen LogP contribution in [0.5, 0.6) is 5.75 Å². The van der Waals surface area contributed by atoms with Crippen LogP contribution in [0.3, 0.4) is 0 Å². The summed E-state index contributed by atoms with van der Waals surface area (Å²) in [7, 11) is 1.46. The summed E-state index contributed by atoms with van der Waals surface area (Å²) in [6.45, 7) is 1.49. The molecule has 1 saturated heterocycles. The van der Waals surface area contributed by atoms with Gasteiger partial charge in [0, 0.05) is 32.2 Å². The number of rotatable bonds is 5. The summed E-state index contributed by atoms with van der Waals surface area (Å²) < 4.78 is 41.8. The van der Waals surface area contributed by atoms with Crippen molar-refractivity contribution in [1.29, 1.82) is 0 Å². The zero-order valence-corrected chi connectivity index (χ0v) is 15.8. The Morgan fingerprint density at radius 1 is 1.29 bits per heavy atom. The largest absolute Gasteiger partial charge is 0.573 e. The maximum atomic E-state index is 12.8. The molecular weight excluding hydrogens is 397 g/mol. The number of ether oxygens (including phenoxy) is 1. The van der Waals surface area contributed by atoms with Gasteiger partial charge in [0.15, 0.2) is 5.69 Å². The molecule has 1 fully saturated rings. The van der Waals surface area contributed by atoms with Crippen molar-refractivity contribution in [1.82, 2.24) is 14.9 Å². The van der Waals surface area contributed by atoms with E-state index in [1.54, 1.807) is 6.07 Å². The van der Waals surface area contributed by atoms with E-state index in [-0.39, 0.29) is 28.6 Å². The summed E-state index contributed by atoms with van der Waals surface area (Å²) in [6.07, 6.45) is -1.42. The minimum atomic E-state index is -4.82. The van der Waals surface area contributed by atoms with Crippen LogP contribution in [-0.2, 0) is 6.54 Å². The number of carbonyl (C=O) groups is 1. The van der Waals surface area contributed by atoms with Crippen LogP contribution in [0.1, 0.15) is 28.9 Å². The third kappa shape index (κ3) is 4.83. The summed E-state index contributed by atoms with van der Waals surface area (Å²) in [6, 6.07) is 5.66. The van der Waals surface area contributed by atoms with Gasteiger partial charge in [-0.25, -0.2) is 9.97 Å². The molecule has 1 aromatic carbocycles. The van der Waals surface area contributed by atoms with Gasteiger partial charge in [-0.15, -0.1) is 13.2 Å². The Hall–Kier alpha value is -2.55. The van der Waals surface area contributed by atoms with Crippen molar-refractivity contribution in [2.24, 2.45) is 0 Å². The van der Waals surface area contributed by atoms with Crippen molar-refractivity contribution in [3.8, 4) is 5.75 Å². The molecule has 10 heteroatoms. The fourth-order valence-corrected chi connectivity index (χ4v) is 3.12. The van der Waals surface area contributed by atoms with E-state index >= 15 is 0 Å². The highest BCUT2D eigenvalue weighted by Gasteiger charge is 2.32. The molecule has 1 amide bonds. The zero-order chi connectivity index (χ0) is 20.3. The molecule has 6 nitrogen and oxygen atoms in total. The van der Waals surface area contributed by atoms with E-state index in [1.807, 2.05) is 4.90 Å². The summed E-state index contributed by atoms with van der Waals surface area (Å²) in [5, 5.41) is 0.0830. The number of para-hydroxylation sites is 1. The SMILES string of the molecule is CN(Cc1ccccc1OC(F)(F)F)C(=O)c1nc(N2CCCC2)ncc1Cl. The molecule has 150 valence electrons. The third-order valence-electron chi connectivity index (χ3n) is 4.28. The topological polar surface area (TPSA) is 58.6 Å². The number of anilines is 1. The molecule has 1 aliphatic rings. The number of hydrogen-bond acceptors (Lipinski definition) is 5. The van der Waals surface area contributed by atoms with Crippen LogP contribution in [0.4, 0.5) is 19.1 Å². The lowest BCUT2D eigenvalue weighted by Crippen LogP contribution is -2.29. The lowest BCUT2D eigenvalue weighted by atomic mass is 10.2. The number of nitrogens with zero attached hydrogens (tertiary/aromatic N) is 4. The Labute approximate surface area is 164 Å². The Morgan fingerprint density at radius 2 is 1.96 bits per heavy atom. The van der Waals surface area contributed by atoms with Gasteiger partial charge < -0.3 is 14.5 Å². The Morgan fingerprint density at radius 3 is 2.64 bits per heavy atom. The molecule has 0 atom stereocenters. The summed E-state index contributed by atoms with van der Waals surface area (Å²) >= 11 is 6.10. The molecule has 2 aromatic rings. The minimum absolute atomic E-state index is 0.00953. The number of carbonyl (C=O) groups excluding carboxylic acids is 1. The van der Waals surface area contributed by atoms with Gasteiger partial charge in [0.25, 0.3) is 5.91 Å². The number of aromatic nitrogens is 2. The van der Waals surface area contributed by atoms with Crippen LogP contribution in [0, 0.1) is 0 Å². The molecule has 0 aliphatic carbocycles. The van der Waals surface area contributed by atoms with Crippen LogP contribution in [0.15, 0.2) is 30.5 Å². The second-order valence-electron chi connectivity index (χ2n) is 6.38. The van der Waals surface area contributed by atoms with Gasteiger partial charge in [-0.3, -0.25) is 4.79 Å². The first kappa shape index (κ1) is 20.2. The summed E-state index contributed by atoms with van der Waals surface area (Å²) in [5.74, 6) is -0.463. The van der Waals surface area contributed by atoms with Crippen LogP contribution >= 0.6 is 11.6 Å². The first-order valence-corrected chi connectivity index (χ1v) is 8.99. The van der Waals surface area contributed by atoms with Gasteiger partial charge in [-0.05, 0) is 18.9 Å². The van der Waals surface area contributed by atoms with E-state index < -0.39 is 12.3 Å². The average Bonchev–Trinajstić information content (AvgIpc) is 3.16. The monoisotopic (exact) mass is 414 g/mol. The predicted molar refractivity (Wildman–Crippen MR) is 97.4 cm³/mol. The van der Waals surface area contributed by atoms with E-state index in [4.69, 9.17) is 11.6 Å². The van der Waals surface area contributed by atoms with Gasteiger partial charge >= 0.3 is 6.36 Å². The van der Waals surface area contributed by atoms with Crippen molar-refractivity contribution in [2.75, 3.05) is 25.0 Å². The number of alkyl halides is 3. The standard InChI is InChI=1S/C18H18ClF3N4O2/c1-25(11-12-6-2-3-7-14(12)28-18(20,21)22)16(27)15-13(19)10-23-17(24-15)26-8-4-5-9-26/h2-3,6-7,10H,4-5,8-9,11H2,1H3. The molecular formula is C18H18ClF3N4O2. The van der Waals surface area contributed by atoms with Crippen LogP contribution < -0.4 is 9.64 Å². The highest BCUT2D eigenvalue weighted by Crippen LogP contribution is 2.28. The lowest BCUT2D eigenvalue weighted by Gasteiger charge is -2.21. The van der Waals surface area contributed by atoms with E-state index in [0.29, 0.717) is 5.95 Å². The van der Waals surface area contributed by atoms with Crippen LogP contribution in [-0.4, -0.2) is 47.3 Å². The zero-order valence-electron chi connectivity index (χ0n) is 15.0. The van der Waals surface area contributed by atoms with Gasteiger partial charge in [0.1, 0.15) is 5.75 Å². The number of halogens is 4. The molecule has 2 heterocycles. The number of amides is 1. The second kappa shape index (κ2) is 8.22. The highest BCUT2D eigenvalue weighted by atomic mass is 35.5. The molecule has 0 spiro atoms. The lowest BCUT2D eigenvalue weighted by molar-refractivity contribution is -0.275. The van der Waals surface area contributed by atoms with Gasteiger partial charge in [-0.2, -0.15) is 0 Å². The van der Waals surface area contributed by atoms with Crippen LogP contribution in [0.25, 0.3) is 0 Å². The van der Waals surface area contributed by atoms with Gasteiger partial charge in [-0.1, -0.05) is 29.8 Å². The third-order valence-corrected chi connectivity index (χ3v) is 4.55. The fourth-order valence-electron chi connectivity index (χ4n) is 2.94. The number of benzene rings is 1. The maximum absolute atomic E-state index is 12.8. The van der Waals surface area contributed by atoms with Crippen molar-refractivity contribution < 1.29 is 22.7 Å². The maximum Gasteiger partial charge on any atom is 0.573 e. The van der Waals surface area contributed by atoms with E-state index in [2.05, 4.69) is 14.7 Å². The van der Waals surface area contributed by atoms with E-state index in [0.717, 1.165) is 25.9 Å². The van der Waals surface area contributed by atoms with Crippen molar-refractivity contribution in [2.45, 2.75) is 25.7 Å². The van der Waals surface area contributed by atoms with Gasteiger partial charge in [0.05, 0.1) is 11.2 Å². The Bertz CT molecular complexity index is 857. The molecule has 3 rings (SSSR count). The normalized spacial score (nSPS) is 14.2. The summed E-state index contributed by atoms with van der Waals surface area (Å²) in [5.41, 5.74) is 0.218.